The van der Waals surface area contributed by atoms with Crippen LogP contribution in [-0.4, -0.2) is 60.3 Å². The Morgan fingerprint density at radius 2 is 1.47 bits per heavy atom. The molecule has 2 aliphatic rings. The van der Waals surface area contributed by atoms with Gasteiger partial charge in [-0.25, -0.2) is 0 Å². The molecule has 0 unspecified atom stereocenters. The van der Waals surface area contributed by atoms with E-state index >= 15 is 0 Å². The molecule has 0 radical (unpaired) electrons. The van der Waals surface area contributed by atoms with E-state index in [4.69, 9.17) is 0 Å². The van der Waals surface area contributed by atoms with E-state index in [1.54, 1.807) is 35.2 Å². The predicted molar refractivity (Wildman–Crippen MR) is 113 cm³/mol. The zero-order valence-corrected chi connectivity index (χ0v) is 17.3. The van der Waals surface area contributed by atoms with Crippen molar-refractivity contribution < 1.29 is 27.9 Å². The molecule has 3 amide bonds. The van der Waals surface area contributed by atoms with Crippen LogP contribution < -0.4 is 10.1 Å². The number of hydrogen-bond acceptors (Lipinski definition) is 4. The van der Waals surface area contributed by atoms with E-state index in [1.807, 2.05) is 0 Å². The number of anilines is 1. The van der Waals surface area contributed by atoms with Crippen molar-refractivity contribution in [3.63, 3.8) is 0 Å². The molecule has 2 aromatic carbocycles. The van der Waals surface area contributed by atoms with Gasteiger partial charge in [-0.1, -0.05) is 12.1 Å². The van der Waals surface area contributed by atoms with Crippen molar-refractivity contribution in [3.05, 3.63) is 59.7 Å². The van der Waals surface area contributed by atoms with Gasteiger partial charge in [0.2, 0.25) is 5.91 Å². The number of halogens is 2. The van der Waals surface area contributed by atoms with Gasteiger partial charge in [0, 0.05) is 43.3 Å². The van der Waals surface area contributed by atoms with Crippen molar-refractivity contribution in [2.75, 3.05) is 31.5 Å². The molecule has 1 saturated carbocycles. The van der Waals surface area contributed by atoms with Crippen LogP contribution in [0.2, 0.25) is 0 Å². The molecule has 0 bridgehead atoms. The maximum Gasteiger partial charge on any atom is 0.387 e. The molecule has 9 heteroatoms. The van der Waals surface area contributed by atoms with Crippen molar-refractivity contribution in [1.29, 1.82) is 0 Å². The number of piperazine rings is 1. The average Bonchev–Trinajstić information content (AvgIpc) is 3.64. The zero-order chi connectivity index (χ0) is 22.7. The minimum Gasteiger partial charge on any atom is -0.434 e. The van der Waals surface area contributed by atoms with Gasteiger partial charge in [-0.2, -0.15) is 8.78 Å². The van der Waals surface area contributed by atoms with Crippen molar-refractivity contribution in [1.82, 2.24) is 9.80 Å². The maximum absolute atomic E-state index is 12.8. The number of para-hydroxylation sites is 1. The Morgan fingerprint density at radius 1 is 0.875 bits per heavy atom. The Hall–Kier alpha value is -3.49. The third-order valence-electron chi connectivity index (χ3n) is 5.54. The topological polar surface area (TPSA) is 79.0 Å². The van der Waals surface area contributed by atoms with Crippen LogP contribution in [0.3, 0.4) is 0 Å². The summed E-state index contributed by atoms with van der Waals surface area (Å²) in [5.74, 6) is -0.641. The van der Waals surface area contributed by atoms with Gasteiger partial charge in [0.05, 0.1) is 5.56 Å². The van der Waals surface area contributed by atoms with Gasteiger partial charge in [-0.05, 0) is 49.2 Å². The Bertz CT molecular complexity index is 1000. The lowest BCUT2D eigenvalue weighted by molar-refractivity contribution is -0.117. The van der Waals surface area contributed by atoms with Gasteiger partial charge in [0.25, 0.3) is 11.8 Å². The molecule has 0 spiro atoms. The van der Waals surface area contributed by atoms with Crippen LogP contribution in [0.4, 0.5) is 14.5 Å². The Kier molecular flexibility index (Phi) is 6.34. The number of rotatable bonds is 6. The van der Waals surface area contributed by atoms with E-state index in [0.29, 0.717) is 24.3 Å². The molecular formula is C23H23F2N3O4. The highest BCUT2D eigenvalue weighted by Gasteiger charge is 2.30. The third kappa shape index (κ3) is 5.04. The largest absolute Gasteiger partial charge is 0.434 e. The van der Waals surface area contributed by atoms with Crippen LogP contribution in [0.25, 0.3) is 0 Å². The summed E-state index contributed by atoms with van der Waals surface area (Å²) in [5.41, 5.74) is 1.21. The Balaban J connectivity index is 1.34. The van der Waals surface area contributed by atoms with Crippen molar-refractivity contribution in [3.8, 4) is 5.75 Å². The van der Waals surface area contributed by atoms with Gasteiger partial charge in [-0.3, -0.25) is 14.4 Å². The smallest absolute Gasteiger partial charge is 0.387 e. The van der Waals surface area contributed by atoms with E-state index in [1.165, 1.54) is 23.1 Å². The normalized spacial score (nSPS) is 16.1. The van der Waals surface area contributed by atoms with Gasteiger partial charge in [0.1, 0.15) is 5.75 Å². The molecule has 0 aromatic heterocycles. The van der Waals surface area contributed by atoms with Crippen LogP contribution in [-0.2, 0) is 4.79 Å². The van der Waals surface area contributed by atoms with E-state index < -0.39 is 12.5 Å². The minimum atomic E-state index is -3.02. The summed E-state index contributed by atoms with van der Waals surface area (Å²) in [6.45, 7) is -1.82. The number of amides is 3. The van der Waals surface area contributed by atoms with E-state index in [2.05, 4.69) is 10.1 Å². The van der Waals surface area contributed by atoms with Crippen LogP contribution >= 0.6 is 0 Å². The Morgan fingerprint density at radius 3 is 2.06 bits per heavy atom. The van der Waals surface area contributed by atoms with Crippen LogP contribution in [0.1, 0.15) is 33.6 Å². The highest BCUT2D eigenvalue weighted by Crippen LogP contribution is 2.30. The second-order valence-electron chi connectivity index (χ2n) is 7.80. The first-order valence-electron chi connectivity index (χ1n) is 10.5. The molecular weight excluding hydrogens is 420 g/mol. The number of ether oxygens (including phenoxy) is 1. The second kappa shape index (κ2) is 9.33. The molecule has 1 aliphatic carbocycles. The number of carbonyl (C=O) groups excluding carboxylic acids is 3. The summed E-state index contributed by atoms with van der Waals surface area (Å²) in [5, 5.41) is 2.83. The molecule has 168 valence electrons. The molecule has 4 rings (SSSR count). The van der Waals surface area contributed by atoms with Gasteiger partial charge in [0.15, 0.2) is 0 Å². The fourth-order valence-electron chi connectivity index (χ4n) is 3.59. The highest BCUT2D eigenvalue weighted by atomic mass is 19.3. The molecule has 2 fully saturated rings. The Labute approximate surface area is 183 Å². The van der Waals surface area contributed by atoms with Gasteiger partial charge >= 0.3 is 6.61 Å². The molecule has 1 aliphatic heterocycles. The van der Waals surface area contributed by atoms with E-state index in [-0.39, 0.29) is 42.1 Å². The maximum atomic E-state index is 12.8. The lowest BCUT2D eigenvalue weighted by Gasteiger charge is -2.35. The first-order valence-corrected chi connectivity index (χ1v) is 10.5. The third-order valence-corrected chi connectivity index (χ3v) is 5.54. The van der Waals surface area contributed by atoms with Gasteiger partial charge in [-0.15, -0.1) is 0 Å². The average molecular weight is 443 g/mol. The summed E-state index contributed by atoms with van der Waals surface area (Å²) < 4.78 is 29.7. The first-order chi connectivity index (χ1) is 15.4. The molecule has 1 heterocycles. The van der Waals surface area contributed by atoms with E-state index in [0.717, 1.165) is 12.8 Å². The van der Waals surface area contributed by atoms with Crippen LogP contribution in [0, 0.1) is 5.92 Å². The fraction of sp³-hybridized carbons (Fsp3) is 0.348. The molecule has 7 nitrogen and oxygen atoms in total. The number of benzene rings is 2. The monoisotopic (exact) mass is 443 g/mol. The lowest BCUT2D eigenvalue weighted by Crippen LogP contribution is -2.50. The number of nitrogens with one attached hydrogen (secondary N) is 1. The highest BCUT2D eigenvalue weighted by molar-refractivity contribution is 5.98. The quantitative estimate of drug-likeness (QED) is 0.744. The molecule has 0 atom stereocenters. The standard InChI is InChI=1S/C23H23F2N3O4/c24-23(25)32-19-4-2-1-3-18(19)22(31)28-13-11-27(12-14-28)21(30)16-7-9-17(10-8-16)26-20(29)15-5-6-15/h1-4,7-10,15,23H,5-6,11-14H2,(H,26,29). The summed E-state index contributed by atoms with van der Waals surface area (Å²) in [7, 11) is 0. The minimum absolute atomic E-state index is 0.00499. The summed E-state index contributed by atoms with van der Waals surface area (Å²) in [6, 6.07) is 12.6. The molecule has 32 heavy (non-hydrogen) atoms. The molecule has 1 saturated heterocycles. The van der Waals surface area contributed by atoms with Crippen LogP contribution in [0.15, 0.2) is 48.5 Å². The zero-order valence-electron chi connectivity index (χ0n) is 17.3. The summed E-state index contributed by atoms with van der Waals surface area (Å²) in [6.07, 6.45) is 1.84. The summed E-state index contributed by atoms with van der Waals surface area (Å²) >= 11 is 0. The summed E-state index contributed by atoms with van der Waals surface area (Å²) in [4.78, 5) is 40.6. The van der Waals surface area contributed by atoms with Crippen molar-refractivity contribution >= 4 is 23.4 Å². The number of hydrogen-bond donors (Lipinski definition) is 1. The number of nitrogens with zero attached hydrogens (tertiary/aromatic N) is 2. The number of alkyl halides is 2. The molecule has 1 N–H and O–H groups in total. The number of carbonyl (C=O) groups is 3. The molecule has 2 aromatic rings. The van der Waals surface area contributed by atoms with Crippen LogP contribution in [0.5, 0.6) is 5.75 Å². The predicted octanol–water partition coefficient (Wildman–Crippen LogP) is 3.23. The second-order valence-corrected chi connectivity index (χ2v) is 7.80. The van der Waals surface area contributed by atoms with Crippen molar-refractivity contribution in [2.45, 2.75) is 19.5 Å². The lowest BCUT2D eigenvalue weighted by atomic mass is 10.1. The van der Waals surface area contributed by atoms with Crippen molar-refractivity contribution in [2.24, 2.45) is 5.92 Å². The van der Waals surface area contributed by atoms with Gasteiger partial charge < -0.3 is 19.9 Å². The van der Waals surface area contributed by atoms with E-state index in [9.17, 15) is 23.2 Å². The fourth-order valence-corrected chi connectivity index (χ4v) is 3.59. The SMILES string of the molecule is O=C(Nc1ccc(C(=O)N2CCN(C(=O)c3ccccc3OC(F)F)CC2)cc1)C1CC1. The first kappa shape index (κ1) is 21.7.